The van der Waals surface area contributed by atoms with Gasteiger partial charge in [-0.1, -0.05) is 0 Å². The van der Waals surface area contributed by atoms with Crippen molar-refractivity contribution in [2.24, 2.45) is 11.7 Å². The molecule has 0 saturated carbocycles. The van der Waals surface area contributed by atoms with Crippen molar-refractivity contribution in [1.82, 2.24) is 9.78 Å². The first-order valence-corrected chi connectivity index (χ1v) is 6.67. The summed E-state index contributed by atoms with van der Waals surface area (Å²) in [5.41, 5.74) is 7.51. The van der Waals surface area contributed by atoms with Crippen molar-refractivity contribution in [2.75, 3.05) is 26.9 Å². The van der Waals surface area contributed by atoms with Crippen molar-refractivity contribution in [3.8, 4) is 0 Å². The zero-order chi connectivity index (χ0) is 12.8. The van der Waals surface area contributed by atoms with E-state index in [1.54, 1.807) is 7.11 Å². The largest absolute Gasteiger partial charge is 0.385 e. The van der Waals surface area contributed by atoms with E-state index < -0.39 is 0 Å². The van der Waals surface area contributed by atoms with E-state index in [4.69, 9.17) is 15.2 Å². The fraction of sp³-hybridized carbons (Fsp3) is 0.769. The summed E-state index contributed by atoms with van der Waals surface area (Å²) in [6, 6.07) is 2.10. The Kier molecular flexibility index (Phi) is 5.16. The summed E-state index contributed by atoms with van der Waals surface area (Å²) in [6.07, 6.45) is 4.89. The maximum Gasteiger partial charge on any atom is 0.0554 e. The van der Waals surface area contributed by atoms with Gasteiger partial charge in [0.15, 0.2) is 0 Å². The maximum absolute atomic E-state index is 6.37. The van der Waals surface area contributed by atoms with Gasteiger partial charge in [0.05, 0.1) is 5.69 Å². The Morgan fingerprint density at radius 1 is 1.56 bits per heavy atom. The van der Waals surface area contributed by atoms with Gasteiger partial charge >= 0.3 is 0 Å². The van der Waals surface area contributed by atoms with Crippen LogP contribution >= 0.6 is 0 Å². The van der Waals surface area contributed by atoms with Gasteiger partial charge in [0.1, 0.15) is 0 Å². The topological polar surface area (TPSA) is 62.3 Å². The lowest BCUT2D eigenvalue weighted by atomic mass is 9.90. The fourth-order valence-electron chi connectivity index (χ4n) is 2.49. The van der Waals surface area contributed by atoms with Gasteiger partial charge in [0.2, 0.25) is 0 Å². The number of nitrogens with zero attached hydrogens (tertiary/aromatic N) is 2. The Labute approximate surface area is 108 Å². The van der Waals surface area contributed by atoms with Crippen LogP contribution in [0.3, 0.4) is 0 Å². The summed E-state index contributed by atoms with van der Waals surface area (Å²) in [5.74, 6) is 0.511. The van der Waals surface area contributed by atoms with Crippen LogP contribution in [0.15, 0.2) is 12.3 Å². The van der Waals surface area contributed by atoms with Crippen LogP contribution < -0.4 is 5.73 Å². The number of rotatable bonds is 6. The van der Waals surface area contributed by atoms with Crippen LogP contribution in [-0.2, 0) is 16.0 Å². The fourth-order valence-corrected chi connectivity index (χ4v) is 2.49. The molecule has 1 aliphatic rings. The van der Waals surface area contributed by atoms with Crippen LogP contribution in [0.4, 0.5) is 0 Å². The van der Waals surface area contributed by atoms with E-state index in [0.717, 1.165) is 51.3 Å². The molecule has 0 aliphatic carbocycles. The van der Waals surface area contributed by atoms with Crippen LogP contribution in [-0.4, -0.2) is 36.7 Å². The first-order chi connectivity index (χ1) is 8.83. The van der Waals surface area contributed by atoms with Gasteiger partial charge in [-0.3, -0.25) is 4.68 Å². The van der Waals surface area contributed by atoms with Crippen LogP contribution in [0.1, 0.15) is 31.0 Å². The zero-order valence-electron chi connectivity index (χ0n) is 11.0. The van der Waals surface area contributed by atoms with E-state index in [2.05, 4.69) is 5.10 Å². The van der Waals surface area contributed by atoms with Gasteiger partial charge in [-0.2, -0.15) is 5.10 Å². The van der Waals surface area contributed by atoms with Crippen molar-refractivity contribution < 1.29 is 9.47 Å². The van der Waals surface area contributed by atoms with Crippen molar-refractivity contribution in [2.45, 2.75) is 31.8 Å². The molecule has 1 saturated heterocycles. The van der Waals surface area contributed by atoms with Crippen molar-refractivity contribution in [3.05, 3.63) is 18.0 Å². The summed E-state index contributed by atoms with van der Waals surface area (Å²) >= 11 is 0. The summed E-state index contributed by atoms with van der Waals surface area (Å²) < 4.78 is 12.5. The zero-order valence-corrected chi connectivity index (χ0v) is 11.0. The highest BCUT2D eigenvalue weighted by Crippen LogP contribution is 2.27. The number of nitrogens with two attached hydrogens (primary N) is 1. The van der Waals surface area contributed by atoms with E-state index >= 15 is 0 Å². The molecular weight excluding hydrogens is 230 g/mol. The van der Waals surface area contributed by atoms with Gasteiger partial charge in [-0.05, 0) is 31.2 Å². The van der Waals surface area contributed by atoms with Gasteiger partial charge in [-0.15, -0.1) is 0 Å². The molecule has 1 aromatic heterocycles. The molecule has 5 nitrogen and oxygen atoms in total. The third kappa shape index (κ3) is 3.31. The highest BCUT2D eigenvalue weighted by molar-refractivity contribution is 5.08. The molecule has 0 amide bonds. The molecule has 0 spiro atoms. The first kappa shape index (κ1) is 13.5. The Hall–Kier alpha value is -0.910. The summed E-state index contributed by atoms with van der Waals surface area (Å²) in [4.78, 5) is 0. The SMILES string of the molecule is COCCCn1nccc1C(N)C1CCOCC1. The molecule has 2 rings (SSSR count). The summed E-state index contributed by atoms with van der Waals surface area (Å²) in [6.45, 7) is 3.28. The molecule has 2 N–H and O–H groups in total. The number of hydrogen-bond donors (Lipinski definition) is 1. The van der Waals surface area contributed by atoms with Gasteiger partial charge < -0.3 is 15.2 Å². The minimum atomic E-state index is 0.0685. The van der Waals surface area contributed by atoms with E-state index in [1.165, 1.54) is 0 Å². The lowest BCUT2D eigenvalue weighted by Crippen LogP contribution is -2.29. The average Bonchev–Trinajstić information content (AvgIpc) is 2.88. The van der Waals surface area contributed by atoms with Gasteiger partial charge in [0.25, 0.3) is 0 Å². The maximum atomic E-state index is 6.37. The van der Waals surface area contributed by atoms with E-state index in [9.17, 15) is 0 Å². The van der Waals surface area contributed by atoms with Gasteiger partial charge in [0, 0.05) is 45.7 Å². The average molecular weight is 253 g/mol. The molecule has 0 radical (unpaired) electrons. The Balaban J connectivity index is 1.96. The second kappa shape index (κ2) is 6.87. The molecule has 0 bridgehead atoms. The molecule has 1 unspecified atom stereocenters. The van der Waals surface area contributed by atoms with Crippen LogP contribution in [0, 0.1) is 5.92 Å². The van der Waals surface area contributed by atoms with Gasteiger partial charge in [-0.25, -0.2) is 0 Å². The third-order valence-electron chi connectivity index (χ3n) is 3.58. The molecule has 2 heterocycles. The molecule has 18 heavy (non-hydrogen) atoms. The number of hydrogen-bond acceptors (Lipinski definition) is 4. The van der Waals surface area contributed by atoms with E-state index in [1.807, 2.05) is 16.9 Å². The second-order valence-electron chi connectivity index (χ2n) is 4.80. The molecule has 1 aromatic rings. The molecule has 1 fully saturated rings. The minimum Gasteiger partial charge on any atom is -0.385 e. The number of ether oxygens (including phenoxy) is 2. The quantitative estimate of drug-likeness (QED) is 0.777. The third-order valence-corrected chi connectivity index (χ3v) is 3.58. The van der Waals surface area contributed by atoms with Crippen LogP contribution in [0.25, 0.3) is 0 Å². The van der Waals surface area contributed by atoms with Crippen LogP contribution in [0.5, 0.6) is 0 Å². The lowest BCUT2D eigenvalue weighted by molar-refractivity contribution is 0.0573. The second-order valence-corrected chi connectivity index (χ2v) is 4.80. The lowest BCUT2D eigenvalue weighted by Gasteiger charge is -2.28. The predicted octanol–water partition coefficient (Wildman–Crippen LogP) is 1.35. The van der Waals surface area contributed by atoms with E-state index in [-0.39, 0.29) is 6.04 Å². The highest BCUT2D eigenvalue weighted by atomic mass is 16.5. The molecule has 1 aliphatic heterocycles. The molecular formula is C13H23N3O2. The smallest absolute Gasteiger partial charge is 0.0554 e. The minimum absolute atomic E-state index is 0.0685. The van der Waals surface area contributed by atoms with Crippen LogP contribution in [0.2, 0.25) is 0 Å². The summed E-state index contributed by atoms with van der Waals surface area (Å²) in [5, 5.41) is 4.35. The van der Waals surface area contributed by atoms with Crippen molar-refractivity contribution in [3.63, 3.8) is 0 Å². The van der Waals surface area contributed by atoms with Crippen molar-refractivity contribution >= 4 is 0 Å². The Morgan fingerprint density at radius 2 is 2.33 bits per heavy atom. The number of aryl methyl sites for hydroxylation is 1. The summed E-state index contributed by atoms with van der Waals surface area (Å²) in [7, 11) is 1.72. The molecule has 102 valence electrons. The Morgan fingerprint density at radius 3 is 3.06 bits per heavy atom. The first-order valence-electron chi connectivity index (χ1n) is 6.67. The normalized spacial score (nSPS) is 19.0. The molecule has 5 heteroatoms. The predicted molar refractivity (Wildman–Crippen MR) is 69.2 cm³/mol. The standard InChI is InChI=1S/C13H23N3O2/c1-17-8-2-7-16-12(3-6-15-16)13(14)11-4-9-18-10-5-11/h3,6,11,13H,2,4-5,7-10,14H2,1H3. The molecule has 0 aromatic carbocycles. The van der Waals surface area contributed by atoms with Crippen molar-refractivity contribution in [1.29, 1.82) is 0 Å². The number of methoxy groups -OCH3 is 1. The number of aromatic nitrogens is 2. The molecule has 1 atom stereocenters. The van der Waals surface area contributed by atoms with E-state index in [0.29, 0.717) is 5.92 Å². The highest BCUT2D eigenvalue weighted by Gasteiger charge is 2.24. The monoisotopic (exact) mass is 253 g/mol. The Bertz CT molecular complexity index is 348.